The van der Waals surface area contributed by atoms with Gasteiger partial charge in [-0.25, -0.2) is 9.59 Å². The molecule has 0 bridgehead atoms. The van der Waals surface area contributed by atoms with Gasteiger partial charge in [-0.2, -0.15) is 0 Å². The molecule has 32 heavy (non-hydrogen) atoms. The molecule has 8 heteroatoms. The Kier molecular flexibility index (Phi) is 3.96. The molecule has 3 heterocycles. The Morgan fingerprint density at radius 2 is 1.75 bits per heavy atom. The van der Waals surface area contributed by atoms with Crippen molar-refractivity contribution >= 4 is 35.0 Å². The van der Waals surface area contributed by atoms with Gasteiger partial charge < -0.3 is 14.6 Å². The number of para-hydroxylation sites is 1. The average molecular weight is 434 g/mol. The molecular weight excluding hydrogens is 412 g/mol. The van der Waals surface area contributed by atoms with Crippen LogP contribution in [0.1, 0.15) is 35.2 Å². The van der Waals surface area contributed by atoms with Gasteiger partial charge in [-0.3, -0.25) is 14.6 Å². The molecule has 4 aliphatic rings. The van der Waals surface area contributed by atoms with Gasteiger partial charge in [-0.15, -0.1) is 0 Å². The first kappa shape index (κ1) is 19.3. The monoisotopic (exact) mass is 434 g/mol. The number of fused-ring (bicyclic) bond motifs is 3. The summed E-state index contributed by atoms with van der Waals surface area (Å²) in [6.45, 7) is 1.86. The SMILES string of the molecule is O=C(O)c1cc(N2CCOC2=O)cc(N2C(=O)[C@]3(CC34CCOCC4)c3ccccc32)c1. The smallest absolute Gasteiger partial charge is 0.414 e. The number of hydrogen-bond donors (Lipinski definition) is 1. The van der Waals surface area contributed by atoms with Gasteiger partial charge >= 0.3 is 12.1 Å². The predicted octanol–water partition coefficient (Wildman–Crippen LogP) is 3.46. The zero-order valence-corrected chi connectivity index (χ0v) is 17.4. The number of aromatic carboxylic acids is 1. The number of carbonyl (C=O) groups is 3. The first-order valence-corrected chi connectivity index (χ1v) is 10.8. The second-order valence-electron chi connectivity index (χ2n) is 8.94. The van der Waals surface area contributed by atoms with E-state index in [1.54, 1.807) is 11.0 Å². The third-order valence-electron chi connectivity index (χ3n) is 7.49. The number of rotatable bonds is 3. The van der Waals surface area contributed by atoms with Crippen LogP contribution in [0.4, 0.5) is 21.9 Å². The molecule has 1 aliphatic carbocycles. The van der Waals surface area contributed by atoms with E-state index in [-0.39, 0.29) is 23.5 Å². The first-order chi connectivity index (χ1) is 15.5. The minimum Gasteiger partial charge on any atom is -0.478 e. The molecule has 2 amide bonds. The predicted molar refractivity (Wildman–Crippen MR) is 114 cm³/mol. The van der Waals surface area contributed by atoms with Crippen LogP contribution in [0, 0.1) is 5.41 Å². The number of anilines is 3. The lowest BCUT2D eigenvalue weighted by molar-refractivity contribution is -0.121. The number of carbonyl (C=O) groups excluding carboxylic acids is 2. The van der Waals surface area contributed by atoms with Crippen molar-refractivity contribution in [2.75, 3.05) is 36.2 Å². The topological polar surface area (TPSA) is 96.4 Å². The van der Waals surface area contributed by atoms with Gasteiger partial charge in [0.1, 0.15) is 6.61 Å². The summed E-state index contributed by atoms with van der Waals surface area (Å²) in [6.07, 6.45) is 1.92. The fraction of sp³-hybridized carbons (Fsp3) is 0.375. The van der Waals surface area contributed by atoms with Crippen molar-refractivity contribution in [3.63, 3.8) is 0 Å². The zero-order chi connectivity index (χ0) is 22.1. The molecule has 164 valence electrons. The van der Waals surface area contributed by atoms with Gasteiger partial charge in [-0.05, 0) is 54.5 Å². The van der Waals surface area contributed by atoms with Gasteiger partial charge in [0.25, 0.3) is 0 Å². The third kappa shape index (κ3) is 2.44. The summed E-state index contributed by atoms with van der Waals surface area (Å²) in [4.78, 5) is 41.1. The number of carboxylic acid groups (broad SMARTS) is 1. The summed E-state index contributed by atoms with van der Waals surface area (Å²) in [7, 11) is 0. The van der Waals surface area contributed by atoms with E-state index in [0.29, 0.717) is 31.1 Å². The molecule has 2 saturated heterocycles. The van der Waals surface area contributed by atoms with Gasteiger partial charge in [-0.1, -0.05) is 18.2 Å². The maximum absolute atomic E-state index is 14.0. The maximum atomic E-state index is 14.0. The highest BCUT2D eigenvalue weighted by atomic mass is 16.6. The number of ether oxygens (including phenoxy) is 2. The van der Waals surface area contributed by atoms with E-state index in [2.05, 4.69) is 0 Å². The lowest BCUT2D eigenvalue weighted by Gasteiger charge is -2.27. The van der Waals surface area contributed by atoms with Crippen molar-refractivity contribution in [1.29, 1.82) is 0 Å². The van der Waals surface area contributed by atoms with Crippen molar-refractivity contribution in [3.05, 3.63) is 53.6 Å². The quantitative estimate of drug-likeness (QED) is 0.795. The lowest BCUT2D eigenvalue weighted by atomic mass is 9.82. The highest BCUT2D eigenvalue weighted by molar-refractivity contribution is 6.16. The molecule has 3 aliphatic heterocycles. The Bertz CT molecular complexity index is 1170. The second-order valence-corrected chi connectivity index (χ2v) is 8.94. The average Bonchev–Trinajstić information content (AvgIpc) is 3.08. The van der Waals surface area contributed by atoms with E-state index < -0.39 is 17.5 Å². The Balaban J connectivity index is 1.49. The minimum atomic E-state index is -1.12. The Hall–Kier alpha value is -3.39. The largest absolute Gasteiger partial charge is 0.478 e. The van der Waals surface area contributed by atoms with E-state index in [9.17, 15) is 19.5 Å². The molecule has 6 rings (SSSR count). The molecule has 0 radical (unpaired) electrons. The third-order valence-corrected chi connectivity index (χ3v) is 7.49. The van der Waals surface area contributed by atoms with E-state index in [4.69, 9.17) is 9.47 Å². The zero-order valence-electron chi connectivity index (χ0n) is 17.4. The number of nitrogens with zero attached hydrogens (tertiary/aromatic N) is 2. The van der Waals surface area contributed by atoms with Crippen LogP contribution < -0.4 is 9.80 Å². The minimum absolute atomic E-state index is 0.0139. The van der Waals surface area contributed by atoms with Crippen molar-refractivity contribution < 1.29 is 29.0 Å². The van der Waals surface area contributed by atoms with Gasteiger partial charge in [0, 0.05) is 13.2 Å². The van der Waals surface area contributed by atoms with E-state index in [0.717, 1.165) is 30.5 Å². The molecule has 1 saturated carbocycles. The molecule has 8 nitrogen and oxygen atoms in total. The van der Waals surface area contributed by atoms with Crippen LogP contribution >= 0.6 is 0 Å². The van der Waals surface area contributed by atoms with Crippen LogP contribution in [-0.2, 0) is 19.7 Å². The fourth-order valence-corrected chi connectivity index (χ4v) is 5.85. The van der Waals surface area contributed by atoms with Crippen molar-refractivity contribution in [1.82, 2.24) is 0 Å². The molecule has 2 aromatic rings. The molecule has 0 unspecified atom stereocenters. The van der Waals surface area contributed by atoms with E-state index >= 15 is 0 Å². The van der Waals surface area contributed by atoms with Crippen molar-refractivity contribution in [2.45, 2.75) is 24.7 Å². The lowest BCUT2D eigenvalue weighted by Crippen LogP contribution is -2.35. The Morgan fingerprint density at radius 3 is 2.47 bits per heavy atom. The van der Waals surface area contributed by atoms with Crippen LogP contribution in [0.25, 0.3) is 0 Å². The van der Waals surface area contributed by atoms with Crippen molar-refractivity contribution in [3.8, 4) is 0 Å². The Labute approximate surface area is 184 Å². The number of hydrogen-bond acceptors (Lipinski definition) is 5. The van der Waals surface area contributed by atoms with Crippen LogP contribution in [0.2, 0.25) is 0 Å². The maximum Gasteiger partial charge on any atom is 0.414 e. The van der Waals surface area contributed by atoms with E-state index in [1.807, 2.05) is 24.3 Å². The summed E-state index contributed by atoms with van der Waals surface area (Å²) in [5, 5.41) is 9.71. The summed E-state index contributed by atoms with van der Waals surface area (Å²) in [5.74, 6) is -1.15. The number of amides is 2. The summed E-state index contributed by atoms with van der Waals surface area (Å²) in [5.41, 5.74) is 1.93. The number of benzene rings is 2. The van der Waals surface area contributed by atoms with Crippen molar-refractivity contribution in [2.24, 2.45) is 5.41 Å². The highest BCUT2D eigenvalue weighted by Crippen LogP contribution is 2.74. The Morgan fingerprint density at radius 1 is 1.00 bits per heavy atom. The summed E-state index contributed by atoms with van der Waals surface area (Å²) >= 11 is 0. The standard InChI is InChI=1S/C24H22N2O6/c27-20(28)15-11-16(25-7-10-32-22(25)30)13-17(12-15)26-19-4-2-1-3-18(19)24(21(26)29)14-23(24)5-8-31-9-6-23/h1-4,11-13H,5-10,14H2,(H,27,28)/t24-/m0/s1. The molecule has 1 atom stereocenters. The van der Waals surface area contributed by atoms with Gasteiger partial charge in [0.2, 0.25) is 5.91 Å². The number of cyclic esters (lactones) is 1. The molecule has 3 fully saturated rings. The summed E-state index contributed by atoms with van der Waals surface area (Å²) < 4.78 is 10.6. The van der Waals surface area contributed by atoms with Crippen LogP contribution in [0.3, 0.4) is 0 Å². The molecule has 2 spiro atoms. The fourth-order valence-electron chi connectivity index (χ4n) is 5.85. The van der Waals surface area contributed by atoms with Gasteiger partial charge in [0.05, 0.1) is 34.6 Å². The van der Waals surface area contributed by atoms with Crippen LogP contribution in [0.5, 0.6) is 0 Å². The van der Waals surface area contributed by atoms with E-state index in [1.165, 1.54) is 17.0 Å². The van der Waals surface area contributed by atoms with Gasteiger partial charge in [0.15, 0.2) is 0 Å². The summed E-state index contributed by atoms with van der Waals surface area (Å²) in [6, 6.07) is 12.4. The first-order valence-electron chi connectivity index (χ1n) is 10.8. The van der Waals surface area contributed by atoms with Crippen LogP contribution in [0.15, 0.2) is 42.5 Å². The normalized spacial score (nSPS) is 25.4. The number of carboxylic acids is 1. The molecule has 2 aromatic carbocycles. The van der Waals surface area contributed by atoms with Crippen LogP contribution in [-0.4, -0.2) is 49.4 Å². The molecule has 1 N–H and O–H groups in total. The molecule has 0 aromatic heterocycles. The highest BCUT2D eigenvalue weighted by Gasteiger charge is 2.76. The molecular formula is C24H22N2O6. The second kappa shape index (κ2) is 6.56.